The summed E-state index contributed by atoms with van der Waals surface area (Å²) in [6.45, 7) is 5.64. The fourth-order valence-electron chi connectivity index (χ4n) is 2.44. The third-order valence-electron chi connectivity index (χ3n) is 3.53. The topological polar surface area (TPSA) is 67.4 Å². The maximum atomic E-state index is 11.3. The van der Waals surface area contributed by atoms with Crippen molar-refractivity contribution in [3.05, 3.63) is 18.1 Å². The molecule has 1 aliphatic heterocycles. The zero-order chi connectivity index (χ0) is 14.4. The highest BCUT2D eigenvalue weighted by Gasteiger charge is 2.18. The second-order valence-electron chi connectivity index (χ2n) is 5.04. The van der Waals surface area contributed by atoms with Crippen LogP contribution in [0.5, 0.6) is 0 Å². The molecule has 0 atom stereocenters. The van der Waals surface area contributed by atoms with E-state index in [0.29, 0.717) is 11.9 Å². The summed E-state index contributed by atoms with van der Waals surface area (Å²) in [6, 6.07) is 0.432. The molecule has 1 aromatic heterocycles. The van der Waals surface area contributed by atoms with Gasteiger partial charge in [-0.25, -0.2) is 14.8 Å². The molecular weight excluding hydrogens is 256 g/mol. The van der Waals surface area contributed by atoms with Crippen LogP contribution in [0.15, 0.2) is 12.4 Å². The summed E-state index contributed by atoms with van der Waals surface area (Å²) in [4.78, 5) is 22.0. The van der Waals surface area contributed by atoms with E-state index >= 15 is 0 Å². The number of methoxy groups -OCH3 is 1. The van der Waals surface area contributed by atoms with Crippen molar-refractivity contribution in [1.29, 1.82) is 0 Å². The summed E-state index contributed by atoms with van der Waals surface area (Å²) < 4.78 is 4.59. The summed E-state index contributed by atoms with van der Waals surface area (Å²) in [5.41, 5.74) is 0.232. The SMILES string of the molecule is CCCN1CCC(Nc2cnc(C(=O)OC)cn2)CC1. The molecule has 2 rings (SSSR count). The van der Waals surface area contributed by atoms with Gasteiger partial charge in [-0.2, -0.15) is 0 Å². The molecular formula is C14H22N4O2. The molecule has 6 nitrogen and oxygen atoms in total. The molecule has 20 heavy (non-hydrogen) atoms. The molecule has 0 saturated carbocycles. The van der Waals surface area contributed by atoms with Crippen LogP contribution >= 0.6 is 0 Å². The number of aromatic nitrogens is 2. The van der Waals surface area contributed by atoms with Gasteiger partial charge in [-0.3, -0.25) is 0 Å². The number of esters is 1. The monoisotopic (exact) mass is 278 g/mol. The number of carbonyl (C=O) groups is 1. The molecule has 0 amide bonds. The molecule has 2 heterocycles. The number of carbonyl (C=O) groups excluding carboxylic acids is 1. The van der Waals surface area contributed by atoms with Crippen LogP contribution in [0, 0.1) is 0 Å². The fraction of sp³-hybridized carbons (Fsp3) is 0.643. The van der Waals surface area contributed by atoms with Crippen LogP contribution in [0.1, 0.15) is 36.7 Å². The Hall–Kier alpha value is -1.69. The predicted octanol–water partition coefficient (Wildman–Crippen LogP) is 1.55. The lowest BCUT2D eigenvalue weighted by Crippen LogP contribution is -2.39. The number of anilines is 1. The molecule has 1 fully saturated rings. The Morgan fingerprint density at radius 1 is 1.40 bits per heavy atom. The highest BCUT2D eigenvalue weighted by atomic mass is 16.5. The lowest BCUT2D eigenvalue weighted by atomic mass is 10.1. The summed E-state index contributed by atoms with van der Waals surface area (Å²) in [6.07, 6.45) is 6.46. The van der Waals surface area contributed by atoms with Crippen LogP contribution < -0.4 is 5.32 Å². The summed E-state index contributed by atoms with van der Waals surface area (Å²) in [7, 11) is 1.33. The fourth-order valence-corrected chi connectivity index (χ4v) is 2.44. The summed E-state index contributed by atoms with van der Waals surface area (Å²) in [5.74, 6) is 0.253. The van der Waals surface area contributed by atoms with Crippen molar-refractivity contribution in [2.24, 2.45) is 0 Å². The second-order valence-corrected chi connectivity index (χ2v) is 5.04. The van der Waals surface area contributed by atoms with Crippen LogP contribution in [-0.4, -0.2) is 53.6 Å². The molecule has 6 heteroatoms. The maximum Gasteiger partial charge on any atom is 0.358 e. The van der Waals surface area contributed by atoms with Gasteiger partial charge in [-0.05, 0) is 25.8 Å². The van der Waals surface area contributed by atoms with Gasteiger partial charge in [-0.15, -0.1) is 0 Å². The third kappa shape index (κ3) is 3.90. The Morgan fingerprint density at radius 2 is 2.15 bits per heavy atom. The van der Waals surface area contributed by atoms with Crippen LogP contribution in [0.4, 0.5) is 5.82 Å². The average molecular weight is 278 g/mol. The highest BCUT2D eigenvalue weighted by molar-refractivity contribution is 5.86. The lowest BCUT2D eigenvalue weighted by Gasteiger charge is -2.32. The van der Waals surface area contributed by atoms with E-state index in [1.54, 1.807) is 6.20 Å². The van der Waals surface area contributed by atoms with Gasteiger partial charge in [0.2, 0.25) is 0 Å². The number of hydrogen-bond acceptors (Lipinski definition) is 6. The van der Waals surface area contributed by atoms with E-state index in [4.69, 9.17) is 0 Å². The normalized spacial score (nSPS) is 16.9. The number of nitrogens with one attached hydrogen (secondary N) is 1. The molecule has 1 aromatic rings. The van der Waals surface area contributed by atoms with Gasteiger partial charge in [0.25, 0.3) is 0 Å². The van der Waals surface area contributed by atoms with Crippen molar-refractivity contribution >= 4 is 11.8 Å². The van der Waals surface area contributed by atoms with Gasteiger partial charge in [0, 0.05) is 19.1 Å². The number of hydrogen-bond donors (Lipinski definition) is 1. The van der Waals surface area contributed by atoms with Crippen molar-refractivity contribution in [3.63, 3.8) is 0 Å². The van der Waals surface area contributed by atoms with Crippen molar-refractivity contribution < 1.29 is 9.53 Å². The molecule has 0 spiro atoms. The van der Waals surface area contributed by atoms with E-state index in [1.807, 2.05) is 0 Å². The molecule has 1 aliphatic rings. The number of ether oxygens (including phenoxy) is 1. The Labute approximate surface area is 119 Å². The van der Waals surface area contributed by atoms with E-state index in [9.17, 15) is 4.79 Å². The van der Waals surface area contributed by atoms with Gasteiger partial charge in [-0.1, -0.05) is 6.92 Å². The number of likely N-dealkylation sites (tertiary alicyclic amines) is 1. The highest BCUT2D eigenvalue weighted by Crippen LogP contribution is 2.15. The second kappa shape index (κ2) is 7.19. The van der Waals surface area contributed by atoms with Gasteiger partial charge in [0.05, 0.1) is 19.5 Å². The first-order valence-corrected chi connectivity index (χ1v) is 7.12. The first-order valence-electron chi connectivity index (χ1n) is 7.12. The van der Waals surface area contributed by atoms with Crippen molar-refractivity contribution in [2.75, 3.05) is 32.1 Å². The molecule has 0 aliphatic carbocycles. The first kappa shape index (κ1) is 14.7. The molecule has 110 valence electrons. The van der Waals surface area contributed by atoms with E-state index in [2.05, 4.69) is 31.8 Å². The minimum Gasteiger partial charge on any atom is -0.464 e. The predicted molar refractivity (Wildman–Crippen MR) is 76.7 cm³/mol. The van der Waals surface area contributed by atoms with Crippen molar-refractivity contribution in [3.8, 4) is 0 Å². The molecule has 1 saturated heterocycles. The van der Waals surface area contributed by atoms with E-state index in [0.717, 1.165) is 25.9 Å². The van der Waals surface area contributed by atoms with Crippen molar-refractivity contribution in [1.82, 2.24) is 14.9 Å². The largest absolute Gasteiger partial charge is 0.464 e. The van der Waals surface area contributed by atoms with Gasteiger partial charge >= 0.3 is 5.97 Å². The number of rotatable bonds is 5. The van der Waals surface area contributed by atoms with Gasteiger partial charge < -0.3 is 15.0 Å². The summed E-state index contributed by atoms with van der Waals surface area (Å²) in [5, 5.41) is 3.38. The zero-order valence-corrected chi connectivity index (χ0v) is 12.1. The van der Waals surface area contributed by atoms with Gasteiger partial charge in [0.1, 0.15) is 5.82 Å². The minimum absolute atomic E-state index is 0.232. The molecule has 0 radical (unpaired) electrons. The van der Waals surface area contributed by atoms with E-state index < -0.39 is 5.97 Å². The Morgan fingerprint density at radius 3 is 2.70 bits per heavy atom. The quantitative estimate of drug-likeness (QED) is 0.824. The first-order chi connectivity index (χ1) is 9.72. The lowest BCUT2D eigenvalue weighted by molar-refractivity contribution is 0.0593. The number of piperidine rings is 1. The van der Waals surface area contributed by atoms with Crippen LogP contribution in [-0.2, 0) is 4.74 Å². The molecule has 1 N–H and O–H groups in total. The van der Waals surface area contributed by atoms with Crippen LogP contribution in [0.3, 0.4) is 0 Å². The maximum absolute atomic E-state index is 11.3. The van der Waals surface area contributed by atoms with Crippen LogP contribution in [0.25, 0.3) is 0 Å². The average Bonchev–Trinajstić information content (AvgIpc) is 2.49. The Kier molecular flexibility index (Phi) is 5.29. The van der Waals surface area contributed by atoms with E-state index in [-0.39, 0.29) is 5.69 Å². The van der Waals surface area contributed by atoms with Crippen LogP contribution in [0.2, 0.25) is 0 Å². The molecule has 0 bridgehead atoms. The zero-order valence-electron chi connectivity index (χ0n) is 12.1. The Bertz CT molecular complexity index is 427. The minimum atomic E-state index is -0.461. The third-order valence-corrected chi connectivity index (χ3v) is 3.53. The smallest absolute Gasteiger partial charge is 0.358 e. The van der Waals surface area contributed by atoms with Crippen molar-refractivity contribution in [2.45, 2.75) is 32.2 Å². The van der Waals surface area contributed by atoms with Gasteiger partial charge in [0.15, 0.2) is 5.69 Å². The number of nitrogens with zero attached hydrogens (tertiary/aromatic N) is 3. The van der Waals surface area contributed by atoms with E-state index in [1.165, 1.54) is 26.3 Å². The summed E-state index contributed by atoms with van der Waals surface area (Å²) >= 11 is 0. The molecule has 0 unspecified atom stereocenters. The molecule has 0 aromatic carbocycles. The Balaban J connectivity index is 1.84. The standard InChI is InChI=1S/C14H22N4O2/c1-3-6-18-7-4-11(5-8-18)17-13-10-15-12(9-16-13)14(19)20-2/h9-11H,3-8H2,1-2H3,(H,16,17).